The quantitative estimate of drug-likeness (QED) is 0.875. The number of nitrogens with one attached hydrogen (secondary N) is 1. The average molecular weight is 260 g/mol. The monoisotopic (exact) mass is 260 g/mol. The lowest BCUT2D eigenvalue weighted by Gasteiger charge is -2.40. The molecule has 0 bridgehead atoms. The summed E-state index contributed by atoms with van der Waals surface area (Å²) in [5.74, 6) is 1.88. The normalized spacial score (nSPS) is 30.1. The molecule has 1 heterocycles. The molecule has 0 saturated heterocycles. The second kappa shape index (κ2) is 5.08. The molecule has 2 aliphatic rings. The fourth-order valence-electron chi connectivity index (χ4n) is 3.41. The third-order valence-electron chi connectivity index (χ3n) is 4.88. The van der Waals surface area contributed by atoms with Crippen molar-refractivity contribution in [3.63, 3.8) is 0 Å². The summed E-state index contributed by atoms with van der Waals surface area (Å²) in [5, 5.41) is 3.69. The van der Waals surface area contributed by atoms with Crippen LogP contribution in [0.1, 0.15) is 50.3 Å². The molecule has 104 valence electrons. The Morgan fingerprint density at radius 1 is 1.32 bits per heavy atom. The van der Waals surface area contributed by atoms with Crippen molar-refractivity contribution in [3.8, 4) is 0 Å². The first-order valence-corrected chi connectivity index (χ1v) is 7.53. The zero-order valence-corrected chi connectivity index (χ0v) is 11.8. The third-order valence-corrected chi connectivity index (χ3v) is 4.88. The van der Waals surface area contributed by atoms with Crippen molar-refractivity contribution < 1.29 is 0 Å². The zero-order chi connectivity index (χ0) is 13.3. The number of nitrogens with two attached hydrogens (primary N) is 1. The summed E-state index contributed by atoms with van der Waals surface area (Å²) in [7, 11) is 0. The Morgan fingerprint density at radius 3 is 2.84 bits per heavy atom. The number of nitrogens with zero attached hydrogens (tertiary/aromatic N) is 2. The van der Waals surface area contributed by atoms with E-state index in [1.54, 1.807) is 6.33 Å². The van der Waals surface area contributed by atoms with Crippen LogP contribution >= 0.6 is 0 Å². The Morgan fingerprint density at radius 2 is 2.11 bits per heavy atom. The highest BCUT2D eigenvalue weighted by Crippen LogP contribution is 2.35. The van der Waals surface area contributed by atoms with Crippen molar-refractivity contribution in [3.05, 3.63) is 17.6 Å². The molecule has 0 aliphatic heterocycles. The third kappa shape index (κ3) is 2.46. The number of aryl methyl sites for hydroxylation is 1. The first-order chi connectivity index (χ1) is 9.22. The van der Waals surface area contributed by atoms with Gasteiger partial charge >= 0.3 is 0 Å². The molecule has 1 fully saturated rings. The van der Waals surface area contributed by atoms with Crippen LogP contribution in [-0.2, 0) is 12.8 Å². The van der Waals surface area contributed by atoms with Crippen LogP contribution in [0.15, 0.2) is 6.33 Å². The van der Waals surface area contributed by atoms with E-state index < -0.39 is 0 Å². The summed E-state index contributed by atoms with van der Waals surface area (Å²) in [6.07, 6.45) is 9.94. The van der Waals surface area contributed by atoms with Gasteiger partial charge in [0.05, 0.1) is 5.54 Å². The van der Waals surface area contributed by atoms with E-state index in [9.17, 15) is 0 Å². The van der Waals surface area contributed by atoms with Crippen LogP contribution in [-0.4, -0.2) is 22.1 Å². The van der Waals surface area contributed by atoms with Crippen LogP contribution in [0.3, 0.4) is 0 Å². The maximum atomic E-state index is 6.07. The van der Waals surface area contributed by atoms with Gasteiger partial charge in [0.2, 0.25) is 0 Å². The van der Waals surface area contributed by atoms with Gasteiger partial charge in [0.15, 0.2) is 0 Å². The molecule has 0 atom stereocenters. The molecule has 4 heteroatoms. The lowest BCUT2D eigenvalue weighted by Crippen LogP contribution is -2.48. The average Bonchev–Trinajstić information content (AvgIpc) is 2.91. The lowest BCUT2D eigenvalue weighted by molar-refractivity contribution is 0.271. The van der Waals surface area contributed by atoms with Gasteiger partial charge in [-0.05, 0) is 50.9 Å². The van der Waals surface area contributed by atoms with Crippen LogP contribution in [0.4, 0.5) is 5.82 Å². The standard InChI is InChI=1S/C15H24N4/c1-11-5-7-15(9-16,8-6-11)19-14-12-3-2-4-13(12)17-10-18-14/h10-11H,2-9,16H2,1H3,(H,17,18,19). The molecule has 0 radical (unpaired) electrons. The van der Waals surface area contributed by atoms with Gasteiger partial charge < -0.3 is 11.1 Å². The Bertz CT molecular complexity index is 449. The molecule has 1 aromatic heterocycles. The van der Waals surface area contributed by atoms with Gasteiger partial charge in [0.1, 0.15) is 12.1 Å². The topological polar surface area (TPSA) is 63.8 Å². The van der Waals surface area contributed by atoms with E-state index in [0.29, 0.717) is 6.54 Å². The fraction of sp³-hybridized carbons (Fsp3) is 0.733. The number of fused-ring (bicyclic) bond motifs is 1. The maximum absolute atomic E-state index is 6.07. The predicted molar refractivity (Wildman–Crippen MR) is 77.1 cm³/mol. The molecule has 3 N–H and O–H groups in total. The molecule has 0 aromatic carbocycles. The molecule has 4 nitrogen and oxygen atoms in total. The van der Waals surface area contributed by atoms with E-state index in [1.165, 1.54) is 30.5 Å². The van der Waals surface area contributed by atoms with Crippen molar-refractivity contribution in [2.45, 2.75) is 57.4 Å². The summed E-state index contributed by atoms with van der Waals surface area (Å²) >= 11 is 0. The van der Waals surface area contributed by atoms with Crippen LogP contribution < -0.4 is 11.1 Å². The summed E-state index contributed by atoms with van der Waals surface area (Å²) in [4.78, 5) is 8.87. The summed E-state index contributed by atoms with van der Waals surface area (Å²) in [5.41, 5.74) is 8.68. The Hall–Kier alpha value is -1.16. The van der Waals surface area contributed by atoms with E-state index in [4.69, 9.17) is 5.73 Å². The van der Waals surface area contributed by atoms with Crippen molar-refractivity contribution in [1.82, 2.24) is 9.97 Å². The van der Waals surface area contributed by atoms with Gasteiger partial charge in [-0.15, -0.1) is 0 Å². The second-order valence-corrected chi connectivity index (χ2v) is 6.29. The van der Waals surface area contributed by atoms with Gasteiger partial charge in [-0.3, -0.25) is 0 Å². The molecule has 1 saturated carbocycles. The molecule has 3 rings (SSSR count). The number of rotatable bonds is 3. The molecule has 19 heavy (non-hydrogen) atoms. The minimum atomic E-state index is 0.0528. The first-order valence-electron chi connectivity index (χ1n) is 7.53. The highest BCUT2D eigenvalue weighted by Gasteiger charge is 2.34. The summed E-state index contributed by atoms with van der Waals surface area (Å²) in [6.45, 7) is 3.03. The number of aromatic nitrogens is 2. The van der Waals surface area contributed by atoms with Gasteiger partial charge in [-0.25, -0.2) is 9.97 Å². The van der Waals surface area contributed by atoms with Crippen LogP contribution in [0.2, 0.25) is 0 Å². The Balaban J connectivity index is 1.82. The zero-order valence-electron chi connectivity index (χ0n) is 11.8. The largest absolute Gasteiger partial charge is 0.363 e. The van der Waals surface area contributed by atoms with Crippen molar-refractivity contribution in [2.75, 3.05) is 11.9 Å². The van der Waals surface area contributed by atoms with E-state index in [0.717, 1.165) is 37.4 Å². The van der Waals surface area contributed by atoms with Gasteiger partial charge in [-0.1, -0.05) is 6.92 Å². The predicted octanol–water partition coefficient (Wildman–Crippen LogP) is 2.28. The van der Waals surface area contributed by atoms with Crippen molar-refractivity contribution >= 4 is 5.82 Å². The van der Waals surface area contributed by atoms with Gasteiger partial charge in [0.25, 0.3) is 0 Å². The molecule has 1 aromatic rings. The minimum Gasteiger partial charge on any atom is -0.363 e. The molecule has 2 aliphatic carbocycles. The van der Waals surface area contributed by atoms with E-state index in [-0.39, 0.29) is 5.54 Å². The smallest absolute Gasteiger partial charge is 0.133 e. The van der Waals surface area contributed by atoms with Gasteiger partial charge in [-0.2, -0.15) is 0 Å². The van der Waals surface area contributed by atoms with E-state index in [1.807, 2.05) is 0 Å². The van der Waals surface area contributed by atoms with Crippen LogP contribution in [0, 0.1) is 5.92 Å². The van der Waals surface area contributed by atoms with Crippen LogP contribution in [0.25, 0.3) is 0 Å². The van der Waals surface area contributed by atoms with E-state index >= 15 is 0 Å². The van der Waals surface area contributed by atoms with Gasteiger partial charge in [0, 0.05) is 17.8 Å². The maximum Gasteiger partial charge on any atom is 0.133 e. The number of hydrogen-bond acceptors (Lipinski definition) is 4. The van der Waals surface area contributed by atoms with Crippen LogP contribution in [0.5, 0.6) is 0 Å². The minimum absolute atomic E-state index is 0.0528. The molecular weight excluding hydrogens is 236 g/mol. The molecule has 0 amide bonds. The SMILES string of the molecule is CC1CCC(CN)(Nc2ncnc3c2CCC3)CC1. The molecule has 0 spiro atoms. The Kier molecular flexibility index (Phi) is 3.44. The summed E-state index contributed by atoms with van der Waals surface area (Å²) < 4.78 is 0. The van der Waals surface area contributed by atoms with Crippen molar-refractivity contribution in [2.24, 2.45) is 11.7 Å². The van der Waals surface area contributed by atoms with E-state index in [2.05, 4.69) is 22.2 Å². The number of anilines is 1. The first kappa shape index (κ1) is 12.9. The second-order valence-electron chi connectivity index (χ2n) is 6.29. The highest BCUT2D eigenvalue weighted by atomic mass is 15.1. The fourth-order valence-corrected chi connectivity index (χ4v) is 3.41. The lowest BCUT2D eigenvalue weighted by atomic mass is 9.77. The highest BCUT2D eigenvalue weighted by molar-refractivity contribution is 5.50. The molecule has 0 unspecified atom stereocenters. The van der Waals surface area contributed by atoms with Crippen molar-refractivity contribution in [1.29, 1.82) is 0 Å². The number of hydrogen-bond donors (Lipinski definition) is 2. The summed E-state index contributed by atoms with van der Waals surface area (Å²) in [6, 6.07) is 0. The molecular formula is C15H24N4. The Labute approximate surface area is 115 Å².